The van der Waals surface area contributed by atoms with Gasteiger partial charge in [-0.25, -0.2) is 14.8 Å². The zero-order chi connectivity index (χ0) is 25.6. The van der Waals surface area contributed by atoms with Crippen LogP contribution in [0.15, 0.2) is 60.9 Å². The van der Waals surface area contributed by atoms with Gasteiger partial charge < -0.3 is 9.47 Å². The fourth-order valence-corrected chi connectivity index (χ4v) is 4.03. The average molecular weight is 489 g/mol. The molecule has 3 aromatic rings. The summed E-state index contributed by atoms with van der Waals surface area (Å²) in [5.74, 6) is 0.898. The van der Waals surface area contributed by atoms with Crippen LogP contribution in [-0.4, -0.2) is 28.6 Å². The van der Waals surface area contributed by atoms with E-state index in [0.717, 1.165) is 29.5 Å². The predicted molar refractivity (Wildman–Crippen MR) is 146 cm³/mol. The van der Waals surface area contributed by atoms with E-state index in [1.54, 1.807) is 6.92 Å². The minimum Gasteiger partial charge on any atom is -0.479 e. The normalized spacial score (nSPS) is 11.8. The van der Waals surface area contributed by atoms with E-state index in [-0.39, 0.29) is 5.97 Å². The maximum atomic E-state index is 11.9. The maximum absolute atomic E-state index is 11.9. The number of carbonyl (C=O) groups is 1. The molecule has 0 aliphatic carbocycles. The van der Waals surface area contributed by atoms with Crippen molar-refractivity contribution in [3.63, 3.8) is 0 Å². The second kappa shape index (κ2) is 15.0. The summed E-state index contributed by atoms with van der Waals surface area (Å²) in [7, 11) is 0. The zero-order valence-corrected chi connectivity index (χ0v) is 22.0. The molecule has 2 aromatic carbocycles. The SMILES string of the molecule is CCCCCCCCCc1ccc(-c2cnc(-c3ccc(OC(C)C(=O)OCCC)cc3)nc2)cc1. The van der Waals surface area contributed by atoms with Crippen LogP contribution in [0.5, 0.6) is 5.75 Å². The van der Waals surface area contributed by atoms with Gasteiger partial charge in [-0.1, -0.05) is 76.6 Å². The van der Waals surface area contributed by atoms with Crippen molar-refractivity contribution in [2.24, 2.45) is 0 Å². The summed E-state index contributed by atoms with van der Waals surface area (Å²) in [6, 6.07) is 16.2. The highest BCUT2D eigenvalue weighted by atomic mass is 16.6. The van der Waals surface area contributed by atoms with Gasteiger partial charge in [0.1, 0.15) is 5.75 Å². The third-order valence-electron chi connectivity index (χ3n) is 6.21. The molecule has 0 N–H and O–H groups in total. The highest BCUT2D eigenvalue weighted by Gasteiger charge is 2.16. The van der Waals surface area contributed by atoms with Crippen LogP contribution in [0.2, 0.25) is 0 Å². The highest BCUT2D eigenvalue weighted by molar-refractivity contribution is 5.74. The van der Waals surface area contributed by atoms with Crippen molar-refractivity contribution in [3.05, 3.63) is 66.5 Å². The number of hydrogen-bond donors (Lipinski definition) is 0. The van der Waals surface area contributed by atoms with Gasteiger partial charge in [0.05, 0.1) is 6.61 Å². The molecule has 5 nitrogen and oxygen atoms in total. The van der Waals surface area contributed by atoms with E-state index >= 15 is 0 Å². The van der Waals surface area contributed by atoms with Gasteiger partial charge >= 0.3 is 5.97 Å². The summed E-state index contributed by atoms with van der Waals surface area (Å²) in [6.45, 7) is 6.32. The molecule has 1 aromatic heterocycles. The van der Waals surface area contributed by atoms with E-state index in [2.05, 4.69) is 41.2 Å². The minimum absolute atomic E-state index is 0.356. The van der Waals surface area contributed by atoms with E-state index in [1.165, 1.54) is 50.5 Å². The Labute approximate surface area is 216 Å². The molecule has 0 saturated heterocycles. The number of hydrogen-bond acceptors (Lipinski definition) is 5. The first-order chi connectivity index (χ1) is 17.6. The molecular weight excluding hydrogens is 448 g/mol. The molecule has 3 rings (SSSR count). The highest BCUT2D eigenvalue weighted by Crippen LogP contribution is 2.23. The molecular formula is C31H40N2O3. The van der Waals surface area contributed by atoms with Crippen molar-refractivity contribution in [2.45, 2.75) is 84.7 Å². The maximum Gasteiger partial charge on any atom is 0.347 e. The predicted octanol–water partition coefficient (Wildman–Crippen LogP) is 7.82. The quantitative estimate of drug-likeness (QED) is 0.161. The van der Waals surface area contributed by atoms with E-state index in [1.807, 2.05) is 43.6 Å². The second-order valence-electron chi connectivity index (χ2n) is 9.32. The number of esters is 1. The van der Waals surface area contributed by atoms with Crippen LogP contribution >= 0.6 is 0 Å². The van der Waals surface area contributed by atoms with Gasteiger partial charge in [-0.2, -0.15) is 0 Å². The van der Waals surface area contributed by atoms with E-state index in [0.29, 0.717) is 18.2 Å². The van der Waals surface area contributed by atoms with Crippen LogP contribution in [0.3, 0.4) is 0 Å². The molecule has 0 radical (unpaired) electrons. The third kappa shape index (κ3) is 8.78. The number of ether oxygens (including phenoxy) is 2. The summed E-state index contributed by atoms with van der Waals surface area (Å²) in [5.41, 5.74) is 4.40. The van der Waals surface area contributed by atoms with Crippen molar-refractivity contribution in [1.29, 1.82) is 0 Å². The van der Waals surface area contributed by atoms with Crippen LogP contribution in [0, 0.1) is 0 Å². The topological polar surface area (TPSA) is 61.3 Å². The summed E-state index contributed by atoms with van der Waals surface area (Å²) in [5, 5.41) is 0. The fourth-order valence-electron chi connectivity index (χ4n) is 4.03. The lowest BCUT2D eigenvalue weighted by Gasteiger charge is -2.14. The van der Waals surface area contributed by atoms with Crippen molar-refractivity contribution < 1.29 is 14.3 Å². The molecule has 1 unspecified atom stereocenters. The third-order valence-corrected chi connectivity index (χ3v) is 6.21. The summed E-state index contributed by atoms with van der Waals surface area (Å²) < 4.78 is 10.8. The zero-order valence-electron chi connectivity index (χ0n) is 22.0. The van der Waals surface area contributed by atoms with Crippen LogP contribution in [0.25, 0.3) is 22.5 Å². The molecule has 1 atom stereocenters. The summed E-state index contributed by atoms with van der Waals surface area (Å²) >= 11 is 0. The fraction of sp³-hybridized carbons (Fsp3) is 0.452. The van der Waals surface area contributed by atoms with Gasteiger partial charge in [0, 0.05) is 23.5 Å². The van der Waals surface area contributed by atoms with Crippen LogP contribution in [0.4, 0.5) is 0 Å². The first kappa shape index (κ1) is 27.4. The number of nitrogens with zero attached hydrogens (tertiary/aromatic N) is 2. The lowest BCUT2D eigenvalue weighted by Crippen LogP contribution is -2.26. The molecule has 0 spiro atoms. The average Bonchev–Trinajstić information content (AvgIpc) is 2.92. The number of benzene rings is 2. The molecule has 0 fully saturated rings. The van der Waals surface area contributed by atoms with Gasteiger partial charge in [0.25, 0.3) is 0 Å². The van der Waals surface area contributed by atoms with Crippen molar-refractivity contribution in [1.82, 2.24) is 9.97 Å². The van der Waals surface area contributed by atoms with Crippen LogP contribution < -0.4 is 4.74 Å². The first-order valence-electron chi connectivity index (χ1n) is 13.5. The Morgan fingerprint density at radius 1 is 0.750 bits per heavy atom. The lowest BCUT2D eigenvalue weighted by atomic mass is 10.0. The number of aryl methyl sites for hydroxylation is 1. The van der Waals surface area contributed by atoms with Crippen molar-refractivity contribution >= 4 is 5.97 Å². The minimum atomic E-state index is -0.653. The van der Waals surface area contributed by atoms with E-state index in [4.69, 9.17) is 9.47 Å². The van der Waals surface area contributed by atoms with Gasteiger partial charge in [0.15, 0.2) is 11.9 Å². The van der Waals surface area contributed by atoms with E-state index in [9.17, 15) is 4.79 Å². The number of carbonyl (C=O) groups excluding carboxylic acids is 1. The largest absolute Gasteiger partial charge is 0.479 e. The molecule has 0 saturated carbocycles. The standard InChI is InChI=1S/C31H40N2O3/c1-4-6-7-8-9-10-11-12-25-13-15-26(16-14-25)28-22-32-30(33-23-28)27-17-19-29(20-18-27)36-24(3)31(34)35-21-5-2/h13-20,22-24H,4-12,21H2,1-3H3. The molecule has 0 aliphatic rings. The van der Waals surface area contributed by atoms with Gasteiger partial charge in [0.2, 0.25) is 0 Å². The van der Waals surface area contributed by atoms with Crippen molar-refractivity contribution in [2.75, 3.05) is 6.61 Å². The first-order valence-corrected chi connectivity index (χ1v) is 13.5. The van der Waals surface area contributed by atoms with Gasteiger partial charge in [-0.15, -0.1) is 0 Å². The van der Waals surface area contributed by atoms with Crippen LogP contribution in [-0.2, 0) is 16.0 Å². The van der Waals surface area contributed by atoms with Crippen molar-refractivity contribution in [3.8, 4) is 28.3 Å². The summed E-state index contributed by atoms with van der Waals surface area (Å²) in [4.78, 5) is 21.0. The molecule has 0 amide bonds. The Morgan fingerprint density at radius 3 is 2.00 bits per heavy atom. The number of aromatic nitrogens is 2. The number of unbranched alkanes of at least 4 members (excludes halogenated alkanes) is 6. The molecule has 0 aliphatic heterocycles. The lowest BCUT2D eigenvalue weighted by molar-refractivity contribution is -0.151. The molecule has 36 heavy (non-hydrogen) atoms. The smallest absolute Gasteiger partial charge is 0.347 e. The second-order valence-corrected chi connectivity index (χ2v) is 9.32. The Kier molecular flexibility index (Phi) is 11.4. The number of rotatable bonds is 15. The molecule has 0 bridgehead atoms. The Hall–Kier alpha value is -3.21. The molecule has 192 valence electrons. The Bertz CT molecular complexity index is 1030. The summed E-state index contributed by atoms with van der Waals surface area (Å²) in [6.07, 6.45) is 14.4. The Morgan fingerprint density at radius 2 is 1.36 bits per heavy atom. The van der Waals surface area contributed by atoms with Gasteiger partial charge in [-0.3, -0.25) is 0 Å². The Balaban J connectivity index is 1.50. The van der Waals surface area contributed by atoms with Crippen LogP contribution in [0.1, 0.15) is 77.7 Å². The van der Waals surface area contributed by atoms with E-state index < -0.39 is 6.10 Å². The molecule has 1 heterocycles. The van der Waals surface area contributed by atoms with Gasteiger partial charge in [-0.05, 0) is 61.6 Å². The monoisotopic (exact) mass is 488 g/mol. The molecule has 5 heteroatoms.